The monoisotopic (exact) mass is 336 g/mol. The van der Waals surface area contributed by atoms with Gasteiger partial charge in [0.15, 0.2) is 0 Å². The number of benzene rings is 1. The van der Waals surface area contributed by atoms with Gasteiger partial charge in [-0.3, -0.25) is 4.98 Å². The Hall–Kier alpha value is -1.26. The molecule has 0 aliphatic heterocycles. The molecule has 1 heterocycles. The van der Waals surface area contributed by atoms with Crippen LogP contribution in [-0.2, 0) is 6.42 Å². The van der Waals surface area contributed by atoms with Gasteiger partial charge in [-0.2, -0.15) is 0 Å². The molecule has 0 bridgehead atoms. The van der Waals surface area contributed by atoms with Gasteiger partial charge in [0, 0.05) is 34.4 Å². The Kier molecular flexibility index (Phi) is 5.26. The van der Waals surface area contributed by atoms with E-state index in [0.29, 0.717) is 12.0 Å². The van der Waals surface area contributed by atoms with E-state index in [2.05, 4.69) is 26.2 Å². The lowest BCUT2D eigenvalue weighted by Gasteiger charge is -2.19. The first-order chi connectivity index (χ1) is 9.61. The largest absolute Gasteiger partial charge is 0.310 e. The van der Waals surface area contributed by atoms with E-state index in [4.69, 9.17) is 0 Å². The molecule has 1 aromatic carbocycles. The van der Waals surface area contributed by atoms with E-state index in [9.17, 15) is 4.39 Å². The molecule has 0 aliphatic rings. The smallest absolute Gasteiger partial charge is 0.129 e. The van der Waals surface area contributed by atoms with E-state index in [0.717, 1.165) is 22.3 Å². The van der Waals surface area contributed by atoms with Gasteiger partial charge in [-0.25, -0.2) is 4.39 Å². The van der Waals surface area contributed by atoms with E-state index >= 15 is 0 Å². The van der Waals surface area contributed by atoms with Crippen LogP contribution in [0.15, 0.2) is 41.0 Å². The van der Waals surface area contributed by atoms with Crippen molar-refractivity contribution in [1.82, 2.24) is 10.3 Å². The quantitative estimate of drug-likeness (QED) is 0.885. The standard InChI is InChI=1S/C16H18BrFN2/c1-3-19-16(10-15-11(2)5-4-8-20-15)13-7-6-12(17)9-14(13)18/h4-9,16,19H,3,10H2,1-2H3. The zero-order valence-corrected chi connectivity index (χ0v) is 13.2. The fourth-order valence-electron chi connectivity index (χ4n) is 2.25. The zero-order chi connectivity index (χ0) is 14.5. The van der Waals surface area contributed by atoms with Gasteiger partial charge in [0.05, 0.1) is 0 Å². The molecule has 2 rings (SSSR count). The Balaban J connectivity index is 2.29. The second-order valence-corrected chi connectivity index (χ2v) is 5.66. The number of hydrogen-bond donors (Lipinski definition) is 1. The van der Waals surface area contributed by atoms with Crippen LogP contribution in [0, 0.1) is 12.7 Å². The molecule has 106 valence electrons. The van der Waals surface area contributed by atoms with Crippen molar-refractivity contribution in [2.45, 2.75) is 26.3 Å². The van der Waals surface area contributed by atoms with Crippen LogP contribution in [0.4, 0.5) is 4.39 Å². The van der Waals surface area contributed by atoms with E-state index in [1.165, 1.54) is 6.07 Å². The molecular formula is C16H18BrFN2. The van der Waals surface area contributed by atoms with Gasteiger partial charge < -0.3 is 5.32 Å². The zero-order valence-electron chi connectivity index (χ0n) is 11.7. The number of aromatic nitrogens is 1. The summed E-state index contributed by atoms with van der Waals surface area (Å²) >= 11 is 3.29. The summed E-state index contributed by atoms with van der Waals surface area (Å²) in [5, 5.41) is 3.34. The maximum absolute atomic E-state index is 14.1. The average Bonchev–Trinajstić information content (AvgIpc) is 2.41. The normalized spacial score (nSPS) is 12.4. The first-order valence-electron chi connectivity index (χ1n) is 6.70. The molecule has 0 spiro atoms. The lowest BCUT2D eigenvalue weighted by atomic mass is 9.99. The highest BCUT2D eigenvalue weighted by molar-refractivity contribution is 9.10. The lowest BCUT2D eigenvalue weighted by Crippen LogP contribution is -2.24. The van der Waals surface area contributed by atoms with Gasteiger partial charge in [0.2, 0.25) is 0 Å². The topological polar surface area (TPSA) is 24.9 Å². The summed E-state index contributed by atoms with van der Waals surface area (Å²) in [4.78, 5) is 4.40. The van der Waals surface area contributed by atoms with E-state index < -0.39 is 0 Å². The number of nitrogens with zero attached hydrogens (tertiary/aromatic N) is 1. The van der Waals surface area contributed by atoms with Crippen molar-refractivity contribution < 1.29 is 4.39 Å². The van der Waals surface area contributed by atoms with Gasteiger partial charge in [0.25, 0.3) is 0 Å². The van der Waals surface area contributed by atoms with Gasteiger partial charge >= 0.3 is 0 Å². The molecule has 1 unspecified atom stereocenters. The lowest BCUT2D eigenvalue weighted by molar-refractivity contribution is 0.505. The van der Waals surface area contributed by atoms with Crippen LogP contribution in [0.25, 0.3) is 0 Å². The highest BCUT2D eigenvalue weighted by Gasteiger charge is 2.17. The Morgan fingerprint density at radius 3 is 2.80 bits per heavy atom. The molecule has 2 aromatic rings. The third-order valence-electron chi connectivity index (χ3n) is 3.30. The molecule has 1 aromatic heterocycles. The molecule has 0 amide bonds. The number of pyridine rings is 1. The Morgan fingerprint density at radius 2 is 2.15 bits per heavy atom. The number of likely N-dealkylation sites (N-methyl/N-ethyl adjacent to an activating group) is 1. The second kappa shape index (κ2) is 6.95. The fraction of sp³-hybridized carbons (Fsp3) is 0.312. The van der Waals surface area contributed by atoms with Crippen molar-refractivity contribution in [3.8, 4) is 0 Å². The summed E-state index contributed by atoms with van der Waals surface area (Å²) in [6, 6.07) is 9.08. The maximum Gasteiger partial charge on any atom is 0.129 e. The molecule has 1 atom stereocenters. The summed E-state index contributed by atoms with van der Waals surface area (Å²) in [5.74, 6) is -0.195. The van der Waals surface area contributed by atoms with Crippen molar-refractivity contribution in [3.05, 3.63) is 63.6 Å². The minimum absolute atomic E-state index is 0.0679. The minimum Gasteiger partial charge on any atom is -0.310 e. The molecule has 0 saturated heterocycles. The Morgan fingerprint density at radius 1 is 1.35 bits per heavy atom. The summed E-state index contributed by atoms with van der Waals surface area (Å²) in [7, 11) is 0. The van der Waals surface area contributed by atoms with Crippen molar-refractivity contribution in [3.63, 3.8) is 0 Å². The summed E-state index contributed by atoms with van der Waals surface area (Å²) in [6.07, 6.45) is 2.46. The van der Waals surface area contributed by atoms with E-state index in [-0.39, 0.29) is 11.9 Å². The van der Waals surface area contributed by atoms with Crippen LogP contribution in [0.2, 0.25) is 0 Å². The molecule has 1 N–H and O–H groups in total. The molecule has 0 radical (unpaired) electrons. The van der Waals surface area contributed by atoms with Crippen molar-refractivity contribution in [1.29, 1.82) is 0 Å². The maximum atomic E-state index is 14.1. The molecule has 20 heavy (non-hydrogen) atoms. The molecule has 0 fully saturated rings. The SMILES string of the molecule is CCNC(Cc1ncccc1C)c1ccc(Br)cc1F. The van der Waals surface area contributed by atoms with Gasteiger partial charge in [-0.15, -0.1) is 0 Å². The Bertz CT molecular complexity index is 586. The molecule has 0 saturated carbocycles. The average molecular weight is 337 g/mol. The highest BCUT2D eigenvalue weighted by Crippen LogP contribution is 2.24. The van der Waals surface area contributed by atoms with E-state index in [1.54, 1.807) is 6.20 Å². The first-order valence-corrected chi connectivity index (χ1v) is 7.50. The predicted molar refractivity (Wildman–Crippen MR) is 83.2 cm³/mol. The number of aryl methyl sites for hydroxylation is 1. The van der Waals surface area contributed by atoms with Crippen LogP contribution in [-0.4, -0.2) is 11.5 Å². The van der Waals surface area contributed by atoms with Crippen LogP contribution >= 0.6 is 15.9 Å². The number of rotatable bonds is 5. The van der Waals surface area contributed by atoms with Crippen LogP contribution in [0.1, 0.15) is 29.8 Å². The van der Waals surface area contributed by atoms with Crippen molar-refractivity contribution in [2.75, 3.05) is 6.54 Å². The van der Waals surface area contributed by atoms with E-state index in [1.807, 2.05) is 38.1 Å². The molecule has 0 aliphatic carbocycles. The molecule has 4 heteroatoms. The van der Waals surface area contributed by atoms with Crippen LogP contribution in [0.3, 0.4) is 0 Å². The van der Waals surface area contributed by atoms with Gasteiger partial charge in [-0.05, 0) is 37.2 Å². The van der Waals surface area contributed by atoms with Crippen LogP contribution < -0.4 is 5.32 Å². The highest BCUT2D eigenvalue weighted by atomic mass is 79.9. The van der Waals surface area contributed by atoms with Gasteiger partial charge in [-0.1, -0.05) is 35.0 Å². The number of nitrogens with one attached hydrogen (secondary N) is 1. The minimum atomic E-state index is -0.195. The number of hydrogen-bond acceptors (Lipinski definition) is 2. The third kappa shape index (κ3) is 3.64. The fourth-order valence-corrected chi connectivity index (χ4v) is 2.58. The van der Waals surface area contributed by atoms with Crippen molar-refractivity contribution in [2.24, 2.45) is 0 Å². The van der Waals surface area contributed by atoms with Crippen molar-refractivity contribution >= 4 is 15.9 Å². The first kappa shape index (κ1) is 15.1. The van der Waals surface area contributed by atoms with Gasteiger partial charge in [0.1, 0.15) is 5.82 Å². The summed E-state index contributed by atoms with van der Waals surface area (Å²) in [6.45, 7) is 4.84. The van der Waals surface area contributed by atoms with Crippen LogP contribution in [0.5, 0.6) is 0 Å². The summed E-state index contributed by atoms with van der Waals surface area (Å²) in [5.41, 5.74) is 2.81. The Labute approximate surface area is 127 Å². The third-order valence-corrected chi connectivity index (χ3v) is 3.80. The molecule has 2 nitrogen and oxygen atoms in total. The predicted octanol–water partition coefficient (Wildman–Crippen LogP) is 4.18. The molecular weight excluding hydrogens is 319 g/mol. The second-order valence-electron chi connectivity index (χ2n) is 4.75. The summed E-state index contributed by atoms with van der Waals surface area (Å²) < 4.78 is 14.9. The number of halogens is 2.